The normalized spacial score (nSPS) is 11.2. The molecule has 0 amide bonds. The number of allylic oxidation sites excluding steroid dienone is 3. The standard InChI is InChI=1S/C18H34/c1-3-5-7-9-11-13-15-17-18-16-14-12-10-8-6-4-2/h3,15,17H,1,4-14,16,18H2,2H3/b17-15+. The van der Waals surface area contributed by atoms with Gasteiger partial charge in [0.1, 0.15) is 0 Å². The highest BCUT2D eigenvalue weighted by Crippen LogP contribution is 2.09. The Hall–Kier alpha value is -0.520. The maximum atomic E-state index is 3.75. The smallest absolute Gasteiger partial charge is 0.0351 e. The Morgan fingerprint density at radius 1 is 0.611 bits per heavy atom. The average molecular weight is 250 g/mol. The fraction of sp³-hybridized carbons (Fsp3) is 0.778. The minimum absolute atomic E-state index is 1.18. The molecule has 0 heterocycles. The Balaban J connectivity index is 3.02. The van der Waals surface area contributed by atoms with Crippen LogP contribution in [0.5, 0.6) is 0 Å². The van der Waals surface area contributed by atoms with Gasteiger partial charge in [-0.3, -0.25) is 0 Å². The molecule has 0 aromatic heterocycles. The molecule has 18 heavy (non-hydrogen) atoms. The van der Waals surface area contributed by atoms with Crippen molar-refractivity contribution in [1.29, 1.82) is 0 Å². The highest BCUT2D eigenvalue weighted by atomic mass is 14.0. The van der Waals surface area contributed by atoms with Crippen molar-refractivity contribution < 1.29 is 0 Å². The molecule has 0 fully saturated rings. The van der Waals surface area contributed by atoms with Crippen LogP contribution in [-0.4, -0.2) is 0 Å². The van der Waals surface area contributed by atoms with E-state index >= 15 is 0 Å². The Labute approximate surface area is 116 Å². The molecule has 0 saturated carbocycles. The molecule has 0 aliphatic carbocycles. The fourth-order valence-corrected chi connectivity index (χ4v) is 2.18. The molecule has 106 valence electrons. The molecule has 0 heteroatoms. The molecule has 0 aliphatic heterocycles. The zero-order valence-electron chi connectivity index (χ0n) is 12.6. The third-order valence-electron chi connectivity index (χ3n) is 3.42. The van der Waals surface area contributed by atoms with Crippen molar-refractivity contribution in [2.24, 2.45) is 0 Å². The van der Waals surface area contributed by atoms with Gasteiger partial charge in [-0.25, -0.2) is 0 Å². The minimum Gasteiger partial charge on any atom is -0.103 e. The van der Waals surface area contributed by atoms with Crippen LogP contribution in [0.25, 0.3) is 0 Å². The third kappa shape index (κ3) is 15.5. The molecule has 0 aliphatic rings. The van der Waals surface area contributed by atoms with E-state index in [1.165, 1.54) is 83.5 Å². The minimum atomic E-state index is 1.18. The molecular formula is C18H34. The molecular weight excluding hydrogens is 216 g/mol. The van der Waals surface area contributed by atoms with Gasteiger partial charge in [0, 0.05) is 0 Å². The van der Waals surface area contributed by atoms with Gasteiger partial charge in [0.05, 0.1) is 0 Å². The van der Waals surface area contributed by atoms with Crippen LogP contribution < -0.4 is 0 Å². The van der Waals surface area contributed by atoms with E-state index in [-0.39, 0.29) is 0 Å². The van der Waals surface area contributed by atoms with Crippen LogP contribution in [0.4, 0.5) is 0 Å². The Kier molecular flexibility index (Phi) is 16.0. The highest BCUT2D eigenvalue weighted by molar-refractivity contribution is 4.81. The van der Waals surface area contributed by atoms with Gasteiger partial charge in [0.15, 0.2) is 0 Å². The molecule has 0 rings (SSSR count). The monoisotopic (exact) mass is 250 g/mol. The molecule has 0 N–H and O–H groups in total. The number of hydrogen-bond donors (Lipinski definition) is 0. The summed E-state index contributed by atoms with van der Waals surface area (Å²) in [5, 5.41) is 0. The zero-order chi connectivity index (χ0) is 13.3. The van der Waals surface area contributed by atoms with Crippen molar-refractivity contribution in [3.05, 3.63) is 24.8 Å². The van der Waals surface area contributed by atoms with Crippen LogP contribution >= 0.6 is 0 Å². The van der Waals surface area contributed by atoms with E-state index in [4.69, 9.17) is 0 Å². The molecule has 0 aromatic carbocycles. The third-order valence-corrected chi connectivity index (χ3v) is 3.42. The second kappa shape index (κ2) is 16.5. The van der Waals surface area contributed by atoms with Crippen LogP contribution in [0.1, 0.15) is 90.4 Å². The first-order valence-corrected chi connectivity index (χ1v) is 8.17. The first-order valence-electron chi connectivity index (χ1n) is 8.17. The first kappa shape index (κ1) is 17.5. The maximum absolute atomic E-state index is 3.75. The van der Waals surface area contributed by atoms with E-state index in [0.29, 0.717) is 0 Å². The molecule has 0 spiro atoms. The summed E-state index contributed by atoms with van der Waals surface area (Å²) in [6.45, 7) is 6.03. The van der Waals surface area contributed by atoms with E-state index in [1.54, 1.807) is 0 Å². The zero-order valence-corrected chi connectivity index (χ0v) is 12.6. The topological polar surface area (TPSA) is 0 Å². The van der Waals surface area contributed by atoms with Gasteiger partial charge in [-0.15, -0.1) is 6.58 Å². The van der Waals surface area contributed by atoms with Crippen LogP contribution in [-0.2, 0) is 0 Å². The first-order chi connectivity index (χ1) is 8.91. The quantitative estimate of drug-likeness (QED) is 0.234. The second-order valence-electron chi connectivity index (χ2n) is 5.31. The van der Waals surface area contributed by atoms with Gasteiger partial charge < -0.3 is 0 Å². The summed E-state index contributed by atoms with van der Waals surface area (Å²) in [5.41, 5.74) is 0. The molecule has 0 unspecified atom stereocenters. The summed E-state index contributed by atoms with van der Waals surface area (Å²) in [5.74, 6) is 0. The van der Waals surface area contributed by atoms with Crippen molar-refractivity contribution in [3.63, 3.8) is 0 Å². The average Bonchev–Trinajstić information content (AvgIpc) is 2.39. The maximum Gasteiger partial charge on any atom is -0.0351 e. The lowest BCUT2D eigenvalue weighted by Crippen LogP contribution is -1.79. The summed E-state index contributed by atoms with van der Waals surface area (Å²) < 4.78 is 0. The van der Waals surface area contributed by atoms with Crippen LogP contribution in [0.2, 0.25) is 0 Å². The summed E-state index contributed by atoms with van der Waals surface area (Å²) in [4.78, 5) is 0. The lowest BCUT2D eigenvalue weighted by Gasteiger charge is -1.99. The van der Waals surface area contributed by atoms with Crippen molar-refractivity contribution in [2.75, 3.05) is 0 Å². The summed E-state index contributed by atoms with van der Waals surface area (Å²) >= 11 is 0. The van der Waals surface area contributed by atoms with Gasteiger partial charge in [-0.05, 0) is 38.5 Å². The molecule has 0 radical (unpaired) electrons. The summed E-state index contributed by atoms with van der Waals surface area (Å²) in [7, 11) is 0. The van der Waals surface area contributed by atoms with Crippen molar-refractivity contribution in [1.82, 2.24) is 0 Å². The Morgan fingerprint density at radius 2 is 1.06 bits per heavy atom. The SMILES string of the molecule is C=CCCCCC/C=C/CCCCCCCCC. The highest BCUT2D eigenvalue weighted by Gasteiger charge is 1.89. The van der Waals surface area contributed by atoms with E-state index in [2.05, 4.69) is 25.7 Å². The van der Waals surface area contributed by atoms with Crippen LogP contribution in [0.15, 0.2) is 24.8 Å². The number of hydrogen-bond acceptors (Lipinski definition) is 0. The van der Waals surface area contributed by atoms with Crippen LogP contribution in [0, 0.1) is 0 Å². The van der Waals surface area contributed by atoms with E-state index in [9.17, 15) is 0 Å². The fourth-order valence-electron chi connectivity index (χ4n) is 2.18. The van der Waals surface area contributed by atoms with Crippen molar-refractivity contribution in [3.8, 4) is 0 Å². The molecule has 0 atom stereocenters. The number of unbranched alkanes of at least 4 members (excludes halogenated alkanes) is 11. The van der Waals surface area contributed by atoms with Crippen molar-refractivity contribution >= 4 is 0 Å². The van der Waals surface area contributed by atoms with E-state index < -0.39 is 0 Å². The lowest BCUT2D eigenvalue weighted by atomic mass is 10.1. The van der Waals surface area contributed by atoms with Crippen molar-refractivity contribution in [2.45, 2.75) is 90.4 Å². The lowest BCUT2D eigenvalue weighted by molar-refractivity contribution is 0.592. The molecule has 0 aromatic rings. The van der Waals surface area contributed by atoms with E-state index in [1.807, 2.05) is 6.08 Å². The van der Waals surface area contributed by atoms with Crippen LogP contribution in [0.3, 0.4) is 0 Å². The molecule has 0 nitrogen and oxygen atoms in total. The van der Waals surface area contributed by atoms with E-state index in [0.717, 1.165) is 0 Å². The molecule has 0 saturated heterocycles. The van der Waals surface area contributed by atoms with Gasteiger partial charge in [0.2, 0.25) is 0 Å². The predicted molar refractivity (Wildman–Crippen MR) is 85.0 cm³/mol. The Morgan fingerprint density at radius 3 is 1.61 bits per heavy atom. The molecule has 0 bridgehead atoms. The van der Waals surface area contributed by atoms with Gasteiger partial charge in [-0.2, -0.15) is 0 Å². The van der Waals surface area contributed by atoms with Gasteiger partial charge >= 0.3 is 0 Å². The largest absolute Gasteiger partial charge is 0.103 e. The Bertz CT molecular complexity index is 178. The predicted octanol–water partition coefficient (Wildman–Crippen LogP) is 6.82. The summed E-state index contributed by atoms with van der Waals surface area (Å²) in [6, 6.07) is 0. The number of rotatable bonds is 14. The van der Waals surface area contributed by atoms with Gasteiger partial charge in [0.25, 0.3) is 0 Å². The van der Waals surface area contributed by atoms with Gasteiger partial charge in [-0.1, -0.05) is 70.1 Å². The second-order valence-corrected chi connectivity index (χ2v) is 5.31. The summed E-state index contributed by atoms with van der Waals surface area (Å²) in [6.07, 6.45) is 24.5.